The average Bonchev–Trinajstić information content (AvgIpc) is 3.28. The summed E-state index contributed by atoms with van der Waals surface area (Å²) < 4.78 is 5.46. The van der Waals surface area contributed by atoms with E-state index in [1.807, 2.05) is 59.5 Å². The van der Waals surface area contributed by atoms with E-state index < -0.39 is 0 Å². The molecule has 0 unspecified atom stereocenters. The molecule has 6 heteroatoms. The van der Waals surface area contributed by atoms with Crippen LogP contribution >= 0.6 is 11.6 Å². The minimum Gasteiger partial charge on any atom is -0.453 e. The summed E-state index contributed by atoms with van der Waals surface area (Å²) in [4.78, 5) is 27.3. The Morgan fingerprint density at radius 1 is 0.967 bits per heavy atom. The average molecular weight is 421 g/mol. The van der Waals surface area contributed by atoms with Crippen molar-refractivity contribution in [2.75, 3.05) is 31.1 Å². The second kappa shape index (κ2) is 9.01. The van der Waals surface area contributed by atoms with Crippen molar-refractivity contribution >= 4 is 35.6 Å². The first-order valence-electron chi connectivity index (χ1n) is 9.76. The molecule has 0 N–H and O–H groups in total. The maximum Gasteiger partial charge on any atom is 0.246 e. The van der Waals surface area contributed by atoms with E-state index in [0.29, 0.717) is 43.2 Å². The number of nitrogens with zero attached hydrogens (tertiary/aromatic N) is 2. The third kappa shape index (κ3) is 4.47. The lowest BCUT2D eigenvalue weighted by molar-refractivity contribution is -0.126. The van der Waals surface area contributed by atoms with E-state index in [0.717, 1.165) is 16.8 Å². The SMILES string of the molecule is O=Cc1ccc(-c2ccc(N3CCN(C(=O)C=Cc4ccccc4)CC3)c(Cl)c2)o1. The van der Waals surface area contributed by atoms with Gasteiger partial charge in [0, 0.05) is 37.8 Å². The fourth-order valence-electron chi connectivity index (χ4n) is 3.49. The van der Waals surface area contributed by atoms with E-state index >= 15 is 0 Å². The van der Waals surface area contributed by atoms with Crippen LogP contribution in [-0.4, -0.2) is 43.3 Å². The summed E-state index contributed by atoms with van der Waals surface area (Å²) in [6.45, 7) is 2.69. The number of hydrogen-bond donors (Lipinski definition) is 0. The Kier molecular flexibility index (Phi) is 6.00. The van der Waals surface area contributed by atoms with Crippen LogP contribution in [0.1, 0.15) is 16.1 Å². The van der Waals surface area contributed by atoms with E-state index in [1.165, 1.54) is 0 Å². The van der Waals surface area contributed by atoms with Gasteiger partial charge >= 0.3 is 0 Å². The van der Waals surface area contributed by atoms with Gasteiger partial charge in [0.2, 0.25) is 5.91 Å². The highest BCUT2D eigenvalue weighted by Crippen LogP contribution is 2.32. The highest BCUT2D eigenvalue weighted by atomic mass is 35.5. The van der Waals surface area contributed by atoms with Gasteiger partial charge in [0.1, 0.15) is 5.76 Å². The van der Waals surface area contributed by atoms with E-state index in [9.17, 15) is 9.59 Å². The second-order valence-electron chi connectivity index (χ2n) is 7.04. The summed E-state index contributed by atoms with van der Waals surface area (Å²) in [7, 11) is 0. The molecule has 0 atom stereocenters. The van der Waals surface area contributed by atoms with Crippen molar-refractivity contribution in [2.24, 2.45) is 0 Å². The van der Waals surface area contributed by atoms with E-state index in [1.54, 1.807) is 18.2 Å². The quantitative estimate of drug-likeness (QED) is 0.440. The van der Waals surface area contributed by atoms with Crippen LogP contribution in [0.5, 0.6) is 0 Å². The number of carbonyl (C=O) groups is 2. The molecule has 4 rings (SSSR count). The molecule has 1 aliphatic rings. The molecular formula is C24H21ClN2O3. The Labute approximate surface area is 180 Å². The standard InChI is InChI=1S/C24H21ClN2O3/c25-21-16-19(23-10-8-20(17-28)30-23)7-9-22(21)26-12-14-27(15-13-26)24(29)11-6-18-4-2-1-3-5-18/h1-11,16-17H,12-15H2. The maximum atomic E-state index is 12.5. The molecule has 3 aromatic rings. The summed E-state index contributed by atoms with van der Waals surface area (Å²) >= 11 is 6.53. The van der Waals surface area contributed by atoms with Gasteiger partial charge in [-0.1, -0.05) is 41.9 Å². The maximum absolute atomic E-state index is 12.5. The van der Waals surface area contributed by atoms with Gasteiger partial charge in [-0.2, -0.15) is 0 Å². The van der Waals surface area contributed by atoms with Gasteiger partial charge < -0.3 is 14.2 Å². The van der Waals surface area contributed by atoms with Crippen molar-refractivity contribution in [1.29, 1.82) is 0 Å². The number of anilines is 1. The van der Waals surface area contributed by atoms with Crippen LogP contribution in [0.3, 0.4) is 0 Å². The summed E-state index contributed by atoms with van der Waals surface area (Å²) in [5.41, 5.74) is 2.75. The van der Waals surface area contributed by atoms with Crippen LogP contribution in [0.25, 0.3) is 17.4 Å². The Morgan fingerprint density at radius 3 is 2.40 bits per heavy atom. The third-order valence-electron chi connectivity index (χ3n) is 5.13. The van der Waals surface area contributed by atoms with Crippen molar-refractivity contribution < 1.29 is 14.0 Å². The van der Waals surface area contributed by atoms with Crippen molar-refractivity contribution in [3.05, 3.63) is 83.1 Å². The highest BCUT2D eigenvalue weighted by molar-refractivity contribution is 6.33. The zero-order chi connectivity index (χ0) is 20.9. The fourth-order valence-corrected chi connectivity index (χ4v) is 3.79. The zero-order valence-corrected chi connectivity index (χ0v) is 17.1. The zero-order valence-electron chi connectivity index (χ0n) is 16.3. The van der Waals surface area contributed by atoms with Crippen LogP contribution in [-0.2, 0) is 4.79 Å². The number of hydrogen-bond acceptors (Lipinski definition) is 4. The minimum absolute atomic E-state index is 0.0174. The van der Waals surface area contributed by atoms with Crippen LogP contribution in [0.2, 0.25) is 5.02 Å². The molecule has 0 radical (unpaired) electrons. The lowest BCUT2D eigenvalue weighted by Gasteiger charge is -2.36. The fraction of sp³-hybridized carbons (Fsp3) is 0.167. The van der Waals surface area contributed by atoms with Gasteiger partial charge in [-0.25, -0.2) is 0 Å². The number of halogens is 1. The lowest BCUT2D eigenvalue weighted by Crippen LogP contribution is -2.48. The molecular weight excluding hydrogens is 400 g/mol. The largest absolute Gasteiger partial charge is 0.453 e. The van der Waals surface area contributed by atoms with Crippen LogP contribution in [0, 0.1) is 0 Å². The molecule has 1 aromatic heterocycles. The molecule has 0 spiro atoms. The van der Waals surface area contributed by atoms with Gasteiger partial charge in [-0.05, 0) is 42.0 Å². The Bertz CT molecular complexity index is 1070. The summed E-state index contributed by atoms with van der Waals surface area (Å²) in [5.74, 6) is 0.905. The lowest BCUT2D eigenvalue weighted by atomic mass is 10.1. The predicted molar refractivity (Wildman–Crippen MR) is 119 cm³/mol. The second-order valence-corrected chi connectivity index (χ2v) is 7.45. The summed E-state index contributed by atoms with van der Waals surface area (Å²) in [6, 6.07) is 18.9. The van der Waals surface area contributed by atoms with Crippen LogP contribution in [0.15, 0.2) is 71.2 Å². The number of rotatable bonds is 5. The summed E-state index contributed by atoms with van der Waals surface area (Å²) in [6.07, 6.45) is 4.15. The van der Waals surface area contributed by atoms with E-state index in [2.05, 4.69) is 4.90 Å². The molecule has 152 valence electrons. The van der Waals surface area contributed by atoms with Gasteiger partial charge in [0.15, 0.2) is 12.0 Å². The van der Waals surface area contributed by atoms with E-state index in [-0.39, 0.29) is 11.7 Å². The number of amides is 1. The highest BCUT2D eigenvalue weighted by Gasteiger charge is 2.21. The number of piperazine rings is 1. The molecule has 0 aliphatic carbocycles. The molecule has 1 amide bonds. The third-order valence-corrected chi connectivity index (χ3v) is 5.43. The molecule has 30 heavy (non-hydrogen) atoms. The number of aldehydes is 1. The topological polar surface area (TPSA) is 53.8 Å². The van der Waals surface area contributed by atoms with Gasteiger partial charge in [0.25, 0.3) is 0 Å². The summed E-state index contributed by atoms with van der Waals surface area (Å²) in [5, 5.41) is 0.611. The van der Waals surface area contributed by atoms with Crippen molar-refractivity contribution in [1.82, 2.24) is 4.90 Å². The van der Waals surface area contributed by atoms with Crippen LogP contribution in [0.4, 0.5) is 5.69 Å². The number of furan rings is 1. The molecule has 2 aromatic carbocycles. The Balaban J connectivity index is 1.38. The minimum atomic E-state index is 0.0174. The van der Waals surface area contributed by atoms with Gasteiger partial charge in [-0.15, -0.1) is 0 Å². The van der Waals surface area contributed by atoms with Gasteiger partial charge in [-0.3, -0.25) is 9.59 Å². The van der Waals surface area contributed by atoms with E-state index in [4.69, 9.17) is 16.0 Å². The van der Waals surface area contributed by atoms with Crippen molar-refractivity contribution in [3.8, 4) is 11.3 Å². The normalized spacial score (nSPS) is 14.3. The molecule has 1 aliphatic heterocycles. The van der Waals surface area contributed by atoms with Crippen molar-refractivity contribution in [2.45, 2.75) is 0 Å². The first-order chi connectivity index (χ1) is 14.6. The molecule has 0 saturated carbocycles. The smallest absolute Gasteiger partial charge is 0.246 e. The predicted octanol–water partition coefficient (Wildman–Crippen LogP) is 4.77. The van der Waals surface area contributed by atoms with Gasteiger partial charge in [0.05, 0.1) is 10.7 Å². The van der Waals surface area contributed by atoms with Crippen molar-refractivity contribution in [3.63, 3.8) is 0 Å². The first-order valence-corrected chi connectivity index (χ1v) is 10.1. The molecule has 5 nitrogen and oxygen atoms in total. The van der Waals surface area contributed by atoms with Crippen LogP contribution < -0.4 is 4.90 Å². The monoisotopic (exact) mass is 420 g/mol. The number of carbonyl (C=O) groups excluding carboxylic acids is 2. The molecule has 2 heterocycles. The molecule has 1 saturated heterocycles. The first kappa shape index (κ1) is 20.0. The molecule has 0 bridgehead atoms. The Morgan fingerprint density at radius 2 is 1.73 bits per heavy atom. The number of benzene rings is 2. The molecule has 1 fully saturated rings. The Hall–Kier alpha value is -3.31.